The number of nitrogens with zero attached hydrogens (tertiary/aromatic N) is 2. The third-order valence-corrected chi connectivity index (χ3v) is 6.47. The minimum absolute atomic E-state index is 0.0414. The maximum absolute atomic E-state index is 14.1. The van der Waals surface area contributed by atoms with Crippen LogP contribution in [0.1, 0.15) is 32.8 Å². The fourth-order valence-electron chi connectivity index (χ4n) is 4.56. The average molecular weight is 349 g/mol. The summed E-state index contributed by atoms with van der Waals surface area (Å²) in [5.41, 5.74) is 1.70. The van der Waals surface area contributed by atoms with Crippen LogP contribution >= 0.6 is 0 Å². The third-order valence-electron chi connectivity index (χ3n) is 6.47. The molecule has 0 spiro atoms. The first kappa shape index (κ1) is 18.8. The molecular weight excluding hydrogens is 315 g/mol. The van der Waals surface area contributed by atoms with Crippen molar-refractivity contribution in [1.29, 1.82) is 0 Å². The van der Waals surface area contributed by atoms with E-state index >= 15 is 0 Å². The molecule has 2 aliphatic heterocycles. The predicted octanol–water partition coefficient (Wildman–Crippen LogP) is 3.19. The molecule has 1 N–H and O–H groups in total. The Bertz CT molecular complexity index is 559. The van der Waals surface area contributed by atoms with Crippen LogP contribution in [0.4, 0.5) is 4.39 Å². The van der Waals surface area contributed by atoms with Crippen LogP contribution in [0.2, 0.25) is 0 Å². The molecule has 2 fully saturated rings. The van der Waals surface area contributed by atoms with Crippen LogP contribution in [0.25, 0.3) is 0 Å². The lowest BCUT2D eigenvalue weighted by atomic mass is 9.65. The molecule has 0 bridgehead atoms. The molecule has 25 heavy (non-hydrogen) atoms. The molecule has 2 saturated heterocycles. The molecule has 0 saturated carbocycles. The number of rotatable bonds is 5. The molecule has 0 aliphatic carbocycles. The van der Waals surface area contributed by atoms with E-state index in [1.54, 1.807) is 0 Å². The molecule has 3 nitrogen and oxygen atoms in total. The number of aliphatic hydroxyl groups excluding tert-OH is 1. The van der Waals surface area contributed by atoms with E-state index in [0.29, 0.717) is 13.1 Å². The molecule has 1 aromatic carbocycles. The standard InChI is InChI=1S/C21H33FN2O/c1-20(2,3)21(16-24-12-18(14-25)19(22)13-24)9-10-23(15-21)11-17-7-5-4-6-8-17/h4-8,18-19,25H,9-16H2,1-3H3/t18-,19+,21?/m0/s1. The topological polar surface area (TPSA) is 26.7 Å². The molecule has 3 atom stereocenters. The van der Waals surface area contributed by atoms with Crippen molar-refractivity contribution >= 4 is 0 Å². The zero-order valence-electron chi connectivity index (χ0n) is 15.9. The molecule has 2 aliphatic rings. The maximum atomic E-state index is 14.1. The van der Waals surface area contributed by atoms with Crippen LogP contribution in [0.3, 0.4) is 0 Å². The van der Waals surface area contributed by atoms with E-state index in [-0.39, 0.29) is 23.4 Å². The van der Waals surface area contributed by atoms with Gasteiger partial charge in [0.15, 0.2) is 0 Å². The molecule has 4 heteroatoms. The van der Waals surface area contributed by atoms with E-state index in [1.807, 2.05) is 0 Å². The van der Waals surface area contributed by atoms with Gasteiger partial charge in [-0.15, -0.1) is 0 Å². The molecule has 0 radical (unpaired) electrons. The molecular formula is C21H33FN2O. The second-order valence-electron chi connectivity index (χ2n) is 9.13. The minimum Gasteiger partial charge on any atom is -0.396 e. The molecule has 0 aromatic heterocycles. The second-order valence-corrected chi connectivity index (χ2v) is 9.13. The van der Waals surface area contributed by atoms with Crippen LogP contribution in [0.5, 0.6) is 0 Å². The highest BCUT2D eigenvalue weighted by atomic mass is 19.1. The van der Waals surface area contributed by atoms with Gasteiger partial charge in [-0.2, -0.15) is 0 Å². The molecule has 2 heterocycles. The quantitative estimate of drug-likeness (QED) is 0.885. The molecule has 0 amide bonds. The number of benzene rings is 1. The lowest BCUT2D eigenvalue weighted by Gasteiger charge is -2.44. The van der Waals surface area contributed by atoms with Gasteiger partial charge in [0.1, 0.15) is 6.17 Å². The Hall–Kier alpha value is -0.970. The van der Waals surface area contributed by atoms with Crippen molar-refractivity contribution in [3.63, 3.8) is 0 Å². The van der Waals surface area contributed by atoms with Crippen LogP contribution in [-0.4, -0.2) is 60.4 Å². The van der Waals surface area contributed by atoms with E-state index < -0.39 is 6.17 Å². The summed E-state index contributed by atoms with van der Waals surface area (Å²) >= 11 is 0. The number of hydrogen-bond donors (Lipinski definition) is 1. The Labute approximate surface area is 151 Å². The molecule has 1 aromatic rings. The Kier molecular flexibility index (Phi) is 5.52. The van der Waals surface area contributed by atoms with Gasteiger partial charge in [-0.3, -0.25) is 9.80 Å². The summed E-state index contributed by atoms with van der Waals surface area (Å²) in [5.74, 6) is -0.209. The average Bonchev–Trinajstić information content (AvgIpc) is 3.12. The van der Waals surface area contributed by atoms with E-state index in [1.165, 1.54) is 5.56 Å². The summed E-state index contributed by atoms with van der Waals surface area (Å²) in [6.07, 6.45) is 0.268. The highest BCUT2D eigenvalue weighted by molar-refractivity contribution is 5.15. The smallest absolute Gasteiger partial charge is 0.119 e. The Morgan fingerprint density at radius 1 is 1.16 bits per heavy atom. The minimum atomic E-state index is -0.885. The van der Waals surface area contributed by atoms with Crippen molar-refractivity contribution in [2.24, 2.45) is 16.7 Å². The number of aliphatic hydroxyl groups is 1. The molecule has 140 valence electrons. The summed E-state index contributed by atoms with van der Waals surface area (Å²) in [6.45, 7) is 12.2. The van der Waals surface area contributed by atoms with Gasteiger partial charge in [0.05, 0.1) is 0 Å². The highest BCUT2D eigenvalue weighted by Crippen LogP contribution is 2.47. The number of likely N-dealkylation sites (tertiary alicyclic amines) is 2. The number of halogens is 1. The second kappa shape index (κ2) is 7.34. The van der Waals surface area contributed by atoms with E-state index in [2.05, 4.69) is 60.9 Å². The zero-order valence-corrected chi connectivity index (χ0v) is 15.9. The van der Waals surface area contributed by atoms with Gasteiger partial charge in [0.2, 0.25) is 0 Å². The van der Waals surface area contributed by atoms with Crippen molar-refractivity contribution in [1.82, 2.24) is 9.80 Å². The van der Waals surface area contributed by atoms with Gasteiger partial charge in [-0.25, -0.2) is 4.39 Å². The van der Waals surface area contributed by atoms with Gasteiger partial charge in [-0.05, 0) is 23.9 Å². The van der Waals surface area contributed by atoms with Gasteiger partial charge in [0, 0.05) is 50.7 Å². The highest BCUT2D eigenvalue weighted by Gasteiger charge is 2.49. The SMILES string of the molecule is CC(C)(C)C1(CN2C[C@@H](CO)[C@H](F)C2)CCN(Cc2ccccc2)C1. The first-order chi connectivity index (χ1) is 11.8. The monoisotopic (exact) mass is 348 g/mol. The molecule has 1 unspecified atom stereocenters. The van der Waals surface area contributed by atoms with Crippen molar-refractivity contribution in [3.05, 3.63) is 35.9 Å². The number of hydrogen-bond acceptors (Lipinski definition) is 3. The molecule has 3 rings (SSSR count). The fourth-order valence-corrected chi connectivity index (χ4v) is 4.56. The lowest BCUT2D eigenvalue weighted by Crippen LogP contribution is -2.47. The van der Waals surface area contributed by atoms with Crippen LogP contribution < -0.4 is 0 Å². The van der Waals surface area contributed by atoms with Gasteiger partial charge in [0.25, 0.3) is 0 Å². The summed E-state index contributed by atoms with van der Waals surface area (Å²) in [4.78, 5) is 4.80. The summed E-state index contributed by atoms with van der Waals surface area (Å²) in [5, 5.41) is 9.37. The van der Waals surface area contributed by atoms with Crippen molar-refractivity contribution in [2.45, 2.75) is 39.9 Å². The van der Waals surface area contributed by atoms with Gasteiger partial charge < -0.3 is 5.11 Å². The number of alkyl halides is 1. The van der Waals surface area contributed by atoms with Crippen LogP contribution in [-0.2, 0) is 6.54 Å². The zero-order chi connectivity index (χ0) is 18.1. The Morgan fingerprint density at radius 3 is 2.48 bits per heavy atom. The Balaban J connectivity index is 1.69. The largest absolute Gasteiger partial charge is 0.396 e. The lowest BCUT2D eigenvalue weighted by molar-refractivity contribution is 0.0472. The first-order valence-corrected chi connectivity index (χ1v) is 9.56. The van der Waals surface area contributed by atoms with Gasteiger partial charge in [-0.1, -0.05) is 51.1 Å². The third kappa shape index (κ3) is 4.07. The van der Waals surface area contributed by atoms with Crippen molar-refractivity contribution < 1.29 is 9.50 Å². The predicted molar refractivity (Wildman–Crippen MR) is 100 cm³/mol. The van der Waals surface area contributed by atoms with E-state index in [9.17, 15) is 9.50 Å². The van der Waals surface area contributed by atoms with Gasteiger partial charge >= 0.3 is 0 Å². The summed E-state index contributed by atoms with van der Waals surface area (Å²) in [7, 11) is 0. The van der Waals surface area contributed by atoms with E-state index in [0.717, 1.165) is 32.6 Å². The Morgan fingerprint density at radius 2 is 1.88 bits per heavy atom. The van der Waals surface area contributed by atoms with Crippen LogP contribution in [0.15, 0.2) is 30.3 Å². The summed E-state index contributed by atoms with van der Waals surface area (Å²) in [6, 6.07) is 10.6. The normalized spacial score (nSPS) is 31.7. The summed E-state index contributed by atoms with van der Waals surface area (Å²) < 4.78 is 14.1. The van der Waals surface area contributed by atoms with Crippen LogP contribution in [0, 0.1) is 16.7 Å². The van der Waals surface area contributed by atoms with Crippen molar-refractivity contribution in [2.75, 3.05) is 39.3 Å². The maximum Gasteiger partial charge on any atom is 0.119 e. The van der Waals surface area contributed by atoms with E-state index in [4.69, 9.17) is 0 Å². The first-order valence-electron chi connectivity index (χ1n) is 9.56. The fraction of sp³-hybridized carbons (Fsp3) is 0.714. The van der Waals surface area contributed by atoms with Crippen molar-refractivity contribution in [3.8, 4) is 0 Å².